The van der Waals surface area contributed by atoms with Gasteiger partial charge in [0, 0.05) is 21.3 Å². The van der Waals surface area contributed by atoms with Crippen LogP contribution in [0.1, 0.15) is 5.37 Å². The summed E-state index contributed by atoms with van der Waals surface area (Å²) >= 11 is 1.63. The number of hydrogen-bond acceptors (Lipinski definition) is 9. The number of aromatic nitrogens is 4. The van der Waals surface area contributed by atoms with E-state index in [0.717, 1.165) is 0 Å². The van der Waals surface area contributed by atoms with Crippen LogP contribution in [0.3, 0.4) is 0 Å². The molecule has 3 heterocycles. The maximum absolute atomic E-state index is 11.7. The Morgan fingerprint density at radius 3 is 2.85 bits per heavy atom. The highest BCUT2D eigenvalue weighted by atomic mass is 32.2. The van der Waals surface area contributed by atoms with Gasteiger partial charge in [0.1, 0.15) is 36.0 Å². The van der Waals surface area contributed by atoms with Crippen molar-refractivity contribution < 1.29 is 19.0 Å². The molecule has 11 heteroatoms. The normalized spacial score (nSPS) is 25.7. The Labute approximate surface area is 154 Å². The lowest BCUT2D eigenvalue weighted by Crippen LogP contribution is -2.39. The zero-order valence-electron chi connectivity index (χ0n) is 14.8. The predicted molar refractivity (Wildman–Crippen MR) is 96.6 cm³/mol. The number of anilines is 1. The topological polar surface area (TPSA) is 126 Å². The van der Waals surface area contributed by atoms with Crippen LogP contribution in [-0.4, -0.2) is 77.4 Å². The summed E-state index contributed by atoms with van der Waals surface area (Å²) in [6.07, 6.45) is 2.41. The Morgan fingerprint density at radius 1 is 1.35 bits per heavy atom. The molecule has 1 fully saturated rings. The van der Waals surface area contributed by atoms with Crippen molar-refractivity contribution in [1.82, 2.24) is 24.8 Å². The van der Waals surface area contributed by atoms with E-state index in [9.17, 15) is 4.79 Å². The number of fused-ring (bicyclic) bond motifs is 1. The second-order valence-corrected chi connectivity index (χ2v) is 7.11. The van der Waals surface area contributed by atoms with E-state index in [2.05, 4.69) is 20.3 Å². The molecule has 0 saturated carbocycles. The number of thioether (sulfide) groups is 1. The monoisotopic (exact) mass is 382 g/mol. The molecule has 1 aliphatic heterocycles. The number of nitrogens with two attached hydrogens (primary N) is 1. The Morgan fingerprint density at radius 2 is 2.15 bits per heavy atom. The van der Waals surface area contributed by atoms with Gasteiger partial charge in [0.05, 0.1) is 18.2 Å². The summed E-state index contributed by atoms with van der Waals surface area (Å²) < 4.78 is 18.8. The van der Waals surface area contributed by atoms with Crippen molar-refractivity contribution in [3.8, 4) is 0 Å². The molecule has 3 N–H and O–H groups in total. The van der Waals surface area contributed by atoms with Crippen molar-refractivity contribution >= 4 is 34.7 Å². The zero-order valence-corrected chi connectivity index (χ0v) is 15.6. The number of nitrogen functional groups attached to an aromatic ring is 1. The molecular formula is C15H22N6O4S. The van der Waals surface area contributed by atoms with Gasteiger partial charge in [0.25, 0.3) is 0 Å². The molecule has 4 atom stereocenters. The maximum Gasteiger partial charge on any atom is 0.245 e. The average molecular weight is 382 g/mol. The number of imidazole rings is 1. The summed E-state index contributed by atoms with van der Waals surface area (Å²) in [4.78, 5) is 24.3. The smallest absolute Gasteiger partial charge is 0.245 e. The minimum Gasteiger partial charge on any atom is -0.383 e. The van der Waals surface area contributed by atoms with Crippen LogP contribution in [0.15, 0.2) is 12.7 Å². The number of rotatable bonds is 7. The number of methoxy groups -OCH3 is 2. The van der Waals surface area contributed by atoms with Crippen LogP contribution in [0, 0.1) is 0 Å². The molecule has 1 saturated heterocycles. The predicted octanol–water partition coefficient (Wildman–Crippen LogP) is -0.185. The third kappa shape index (κ3) is 3.47. The Balaban J connectivity index is 1.95. The van der Waals surface area contributed by atoms with Crippen molar-refractivity contribution in [3.05, 3.63) is 12.7 Å². The third-order valence-corrected chi connectivity index (χ3v) is 5.76. The summed E-state index contributed by atoms with van der Waals surface area (Å²) in [7, 11) is 4.83. The van der Waals surface area contributed by atoms with Crippen LogP contribution in [0.2, 0.25) is 0 Å². The molecule has 0 aliphatic carbocycles. The number of carbonyl (C=O) groups excluding carboxylic acids is 1. The molecule has 0 radical (unpaired) electrons. The van der Waals surface area contributed by atoms with Gasteiger partial charge >= 0.3 is 0 Å². The Kier molecular flexibility index (Phi) is 5.91. The Bertz CT molecular complexity index is 772. The molecule has 2 aromatic heterocycles. The average Bonchev–Trinajstić information content (AvgIpc) is 3.21. The standard InChI is InChI=1S/C15H22N6O4S/c1-17-9(22)5-25-12-11(24-3)8(4-23-2)26-15(12)21-7-20-10-13(16)18-6-19-14(10)21/h6-8,11-12,15H,4-5H2,1-3H3,(H,17,22)(H2,16,18,19)/t8-,11?,12+,15-/m1/s1. The van der Waals surface area contributed by atoms with E-state index in [-0.39, 0.29) is 29.2 Å². The lowest BCUT2D eigenvalue weighted by Gasteiger charge is -2.25. The molecular weight excluding hydrogens is 360 g/mol. The first-order chi connectivity index (χ1) is 12.6. The van der Waals surface area contributed by atoms with E-state index in [1.165, 1.54) is 6.33 Å². The maximum atomic E-state index is 11.7. The van der Waals surface area contributed by atoms with Crippen LogP contribution in [0.4, 0.5) is 5.82 Å². The fraction of sp³-hybridized carbons (Fsp3) is 0.600. The largest absolute Gasteiger partial charge is 0.383 e. The summed E-state index contributed by atoms with van der Waals surface area (Å²) in [5.74, 6) is 0.108. The van der Waals surface area contributed by atoms with Crippen molar-refractivity contribution in [2.24, 2.45) is 0 Å². The van der Waals surface area contributed by atoms with Crippen molar-refractivity contribution in [2.45, 2.75) is 22.8 Å². The summed E-state index contributed by atoms with van der Waals surface area (Å²) in [5.41, 5.74) is 7.02. The molecule has 26 heavy (non-hydrogen) atoms. The van der Waals surface area contributed by atoms with Crippen molar-refractivity contribution in [1.29, 1.82) is 0 Å². The highest BCUT2D eigenvalue weighted by Crippen LogP contribution is 2.45. The molecule has 10 nitrogen and oxygen atoms in total. The second-order valence-electron chi connectivity index (χ2n) is 5.75. The van der Waals surface area contributed by atoms with E-state index >= 15 is 0 Å². The highest BCUT2D eigenvalue weighted by molar-refractivity contribution is 8.00. The van der Waals surface area contributed by atoms with E-state index in [1.54, 1.807) is 39.4 Å². The fourth-order valence-electron chi connectivity index (χ4n) is 2.99. The molecule has 0 spiro atoms. The third-order valence-electron chi connectivity index (χ3n) is 4.24. The number of nitrogens with one attached hydrogen (secondary N) is 1. The van der Waals surface area contributed by atoms with Gasteiger partial charge in [-0.15, -0.1) is 11.8 Å². The van der Waals surface area contributed by atoms with E-state index in [0.29, 0.717) is 23.6 Å². The molecule has 1 amide bonds. The van der Waals surface area contributed by atoms with Crippen molar-refractivity contribution in [3.63, 3.8) is 0 Å². The van der Waals surface area contributed by atoms with Gasteiger partial charge in [0.15, 0.2) is 11.5 Å². The number of carbonyl (C=O) groups is 1. The SMILES string of the molecule is CNC(=O)CO[C@H]1C(OC)[C@@H](COC)S[C@H]1n1cnc2c(N)ncnc21. The number of ether oxygens (including phenoxy) is 3. The minimum atomic E-state index is -0.393. The van der Waals surface area contributed by atoms with E-state index < -0.39 is 6.10 Å². The number of hydrogen-bond donors (Lipinski definition) is 2. The molecule has 3 rings (SSSR count). The lowest BCUT2D eigenvalue weighted by atomic mass is 10.1. The van der Waals surface area contributed by atoms with Crippen LogP contribution in [0.25, 0.3) is 11.2 Å². The minimum absolute atomic E-state index is 0.0290. The molecule has 0 bridgehead atoms. The highest BCUT2D eigenvalue weighted by Gasteiger charge is 2.47. The van der Waals surface area contributed by atoms with Gasteiger partial charge in [0.2, 0.25) is 5.91 Å². The first kappa shape index (κ1) is 18.8. The summed E-state index contributed by atoms with van der Waals surface area (Å²) in [5, 5.41) is 2.38. The number of nitrogens with zero attached hydrogens (tertiary/aromatic N) is 4. The van der Waals surface area contributed by atoms with Gasteiger partial charge in [-0.05, 0) is 0 Å². The van der Waals surface area contributed by atoms with E-state index in [4.69, 9.17) is 19.9 Å². The van der Waals surface area contributed by atoms with Crippen molar-refractivity contribution in [2.75, 3.05) is 40.2 Å². The summed E-state index contributed by atoms with van der Waals surface area (Å²) in [6, 6.07) is 0. The zero-order chi connectivity index (χ0) is 18.7. The molecule has 1 aliphatic rings. The van der Waals surface area contributed by atoms with Gasteiger partial charge in [-0.3, -0.25) is 9.36 Å². The first-order valence-corrected chi connectivity index (χ1v) is 8.97. The lowest BCUT2D eigenvalue weighted by molar-refractivity contribution is -0.131. The van der Waals surface area contributed by atoms with Crippen LogP contribution in [0.5, 0.6) is 0 Å². The van der Waals surface area contributed by atoms with E-state index in [1.807, 2.05) is 4.57 Å². The number of likely N-dealkylation sites (N-methyl/N-ethyl adjacent to an activating group) is 1. The summed E-state index contributed by atoms with van der Waals surface area (Å²) in [6.45, 7) is 0.421. The molecule has 0 aromatic carbocycles. The number of amides is 1. The van der Waals surface area contributed by atoms with Gasteiger partial charge in [-0.2, -0.15) is 0 Å². The second kappa shape index (κ2) is 8.16. The van der Waals surface area contributed by atoms with Gasteiger partial charge < -0.3 is 25.3 Å². The van der Waals surface area contributed by atoms with Crippen LogP contribution in [-0.2, 0) is 19.0 Å². The van der Waals surface area contributed by atoms with Gasteiger partial charge in [-0.25, -0.2) is 15.0 Å². The molecule has 142 valence electrons. The molecule has 1 unspecified atom stereocenters. The molecule has 2 aromatic rings. The van der Waals surface area contributed by atoms with Gasteiger partial charge in [-0.1, -0.05) is 0 Å². The fourth-order valence-corrected chi connectivity index (χ4v) is 4.66. The first-order valence-electron chi connectivity index (χ1n) is 8.03. The van der Waals surface area contributed by atoms with Crippen LogP contribution >= 0.6 is 11.8 Å². The van der Waals surface area contributed by atoms with Crippen LogP contribution < -0.4 is 11.1 Å². The quantitative estimate of drug-likeness (QED) is 0.670. The Hall–Kier alpha value is -1.95.